The summed E-state index contributed by atoms with van der Waals surface area (Å²) in [5.41, 5.74) is 0. The maximum atomic E-state index is 11.8. The highest BCUT2D eigenvalue weighted by Gasteiger charge is 2.25. The molecule has 1 saturated heterocycles. The van der Waals surface area contributed by atoms with Crippen LogP contribution >= 0.6 is 0 Å². The van der Waals surface area contributed by atoms with E-state index in [9.17, 15) is 13.8 Å². The van der Waals surface area contributed by atoms with Crippen molar-refractivity contribution < 1.29 is 13.8 Å². The van der Waals surface area contributed by atoms with Gasteiger partial charge in [0.05, 0.1) is 0 Å². The molecule has 0 aromatic rings. The first-order valence-electron chi connectivity index (χ1n) is 5.39. The van der Waals surface area contributed by atoms with Gasteiger partial charge in [0.25, 0.3) is 0 Å². The van der Waals surface area contributed by atoms with Gasteiger partial charge in [0, 0.05) is 42.3 Å². The predicted octanol–water partition coefficient (Wildman–Crippen LogP) is -0.508. The van der Waals surface area contributed by atoms with Crippen molar-refractivity contribution in [3.63, 3.8) is 0 Å². The van der Waals surface area contributed by atoms with Crippen LogP contribution in [0.5, 0.6) is 0 Å². The van der Waals surface area contributed by atoms with Crippen LogP contribution in [0.15, 0.2) is 0 Å². The highest BCUT2D eigenvalue weighted by Crippen LogP contribution is 2.04. The Labute approximate surface area is 98.0 Å². The molecule has 0 bridgehead atoms. The lowest BCUT2D eigenvalue weighted by molar-refractivity contribution is -0.133. The Hall–Kier alpha value is -0.910. The van der Waals surface area contributed by atoms with Crippen LogP contribution in [0.4, 0.5) is 0 Å². The third-order valence-electron chi connectivity index (χ3n) is 2.53. The molecule has 0 aromatic heterocycles. The Balaban J connectivity index is 2.47. The average Bonchev–Trinajstić information content (AvgIpc) is 2.31. The first kappa shape index (κ1) is 13.2. The molecule has 1 fully saturated rings. The zero-order chi connectivity index (χ0) is 12.1. The van der Waals surface area contributed by atoms with Gasteiger partial charge in [0.1, 0.15) is 6.04 Å². The molecule has 2 amide bonds. The van der Waals surface area contributed by atoms with E-state index in [1.54, 1.807) is 18.1 Å². The van der Waals surface area contributed by atoms with Crippen molar-refractivity contribution in [2.75, 3.05) is 25.1 Å². The van der Waals surface area contributed by atoms with Crippen LogP contribution in [-0.2, 0) is 20.4 Å². The molecule has 2 unspecified atom stereocenters. The quantitative estimate of drug-likeness (QED) is 0.726. The third kappa shape index (κ3) is 3.92. The number of amides is 2. The number of nitrogens with one attached hydrogen (secondary N) is 1. The molecular weight excluding hydrogens is 228 g/mol. The number of rotatable bonds is 4. The monoisotopic (exact) mass is 246 g/mol. The summed E-state index contributed by atoms with van der Waals surface area (Å²) in [6.45, 7) is 2.74. The van der Waals surface area contributed by atoms with E-state index in [1.807, 2.05) is 0 Å². The van der Waals surface area contributed by atoms with Gasteiger partial charge in [-0.2, -0.15) is 0 Å². The summed E-state index contributed by atoms with van der Waals surface area (Å²) >= 11 is 0. The van der Waals surface area contributed by atoms with Crippen molar-refractivity contribution >= 4 is 22.6 Å². The first-order valence-corrected chi connectivity index (χ1v) is 7.11. The van der Waals surface area contributed by atoms with Crippen molar-refractivity contribution in [3.05, 3.63) is 0 Å². The van der Waals surface area contributed by atoms with E-state index in [1.165, 1.54) is 0 Å². The van der Waals surface area contributed by atoms with E-state index in [0.29, 0.717) is 25.3 Å². The highest BCUT2D eigenvalue weighted by molar-refractivity contribution is 7.84. The Bertz CT molecular complexity index is 306. The molecule has 0 spiro atoms. The van der Waals surface area contributed by atoms with Gasteiger partial charge >= 0.3 is 0 Å². The summed E-state index contributed by atoms with van der Waals surface area (Å²) in [5, 5.41) is 2.63. The molecule has 92 valence electrons. The number of nitrogens with zero attached hydrogens (tertiary/aromatic N) is 1. The highest BCUT2D eigenvalue weighted by atomic mass is 32.2. The van der Waals surface area contributed by atoms with Crippen LogP contribution in [0.3, 0.4) is 0 Å². The first-order chi connectivity index (χ1) is 7.50. The van der Waals surface area contributed by atoms with Crippen LogP contribution in [0.25, 0.3) is 0 Å². The maximum absolute atomic E-state index is 11.8. The van der Waals surface area contributed by atoms with Gasteiger partial charge in [-0.05, 0) is 13.3 Å². The van der Waals surface area contributed by atoms with Gasteiger partial charge in [-0.15, -0.1) is 0 Å². The van der Waals surface area contributed by atoms with Crippen LogP contribution in [-0.4, -0.2) is 52.1 Å². The summed E-state index contributed by atoms with van der Waals surface area (Å²) in [6.07, 6.45) is 2.72. The van der Waals surface area contributed by atoms with Crippen molar-refractivity contribution in [1.29, 1.82) is 0 Å². The molecule has 0 saturated carbocycles. The van der Waals surface area contributed by atoms with E-state index < -0.39 is 16.8 Å². The standard InChI is InChI=1S/C10H18N2O3S/c1-8-10(14)12(5-3-7-16(2)15)6-4-9(13)11-8/h8H,3-7H2,1-2H3,(H,11,13). The van der Waals surface area contributed by atoms with E-state index in [2.05, 4.69) is 5.32 Å². The van der Waals surface area contributed by atoms with Crippen molar-refractivity contribution in [3.8, 4) is 0 Å². The lowest BCUT2D eigenvalue weighted by atomic mass is 10.3. The third-order valence-corrected chi connectivity index (χ3v) is 3.39. The molecular formula is C10H18N2O3S. The van der Waals surface area contributed by atoms with Crippen molar-refractivity contribution in [2.24, 2.45) is 0 Å². The minimum Gasteiger partial charge on any atom is -0.345 e. The number of hydrogen-bond acceptors (Lipinski definition) is 3. The van der Waals surface area contributed by atoms with Gasteiger partial charge in [0.15, 0.2) is 0 Å². The Morgan fingerprint density at radius 3 is 2.81 bits per heavy atom. The molecule has 16 heavy (non-hydrogen) atoms. The molecule has 6 heteroatoms. The molecule has 1 aliphatic heterocycles. The summed E-state index contributed by atoms with van der Waals surface area (Å²) in [7, 11) is -0.822. The van der Waals surface area contributed by atoms with Crippen LogP contribution in [0.1, 0.15) is 19.8 Å². The molecule has 0 radical (unpaired) electrons. The minimum atomic E-state index is -0.822. The van der Waals surface area contributed by atoms with Gasteiger partial charge in [-0.25, -0.2) is 0 Å². The fraction of sp³-hybridized carbons (Fsp3) is 0.800. The fourth-order valence-electron chi connectivity index (χ4n) is 1.68. The van der Waals surface area contributed by atoms with E-state index in [4.69, 9.17) is 0 Å². The molecule has 1 N–H and O–H groups in total. The Morgan fingerprint density at radius 2 is 2.19 bits per heavy atom. The number of hydrogen-bond donors (Lipinski definition) is 1. The van der Waals surface area contributed by atoms with Crippen molar-refractivity contribution in [1.82, 2.24) is 10.2 Å². The van der Waals surface area contributed by atoms with Gasteiger partial charge in [-0.1, -0.05) is 0 Å². The van der Waals surface area contributed by atoms with Gasteiger partial charge in [-0.3, -0.25) is 13.8 Å². The zero-order valence-electron chi connectivity index (χ0n) is 9.69. The van der Waals surface area contributed by atoms with Crippen LogP contribution in [0.2, 0.25) is 0 Å². The fourth-order valence-corrected chi connectivity index (χ4v) is 2.21. The van der Waals surface area contributed by atoms with Crippen molar-refractivity contribution in [2.45, 2.75) is 25.8 Å². The molecule has 1 rings (SSSR count). The second-order valence-electron chi connectivity index (χ2n) is 4.00. The van der Waals surface area contributed by atoms with Crippen LogP contribution < -0.4 is 5.32 Å². The summed E-state index contributed by atoms with van der Waals surface area (Å²) < 4.78 is 10.9. The second-order valence-corrected chi connectivity index (χ2v) is 5.55. The van der Waals surface area contributed by atoms with E-state index in [0.717, 1.165) is 6.42 Å². The van der Waals surface area contributed by atoms with Crippen LogP contribution in [0, 0.1) is 0 Å². The summed E-state index contributed by atoms with van der Waals surface area (Å²) in [6, 6.07) is -0.442. The molecule has 2 atom stereocenters. The predicted molar refractivity (Wildman–Crippen MR) is 62.4 cm³/mol. The van der Waals surface area contributed by atoms with E-state index >= 15 is 0 Å². The maximum Gasteiger partial charge on any atom is 0.244 e. The SMILES string of the molecule is CC1NC(=O)CCN(CCCS(C)=O)C1=O. The zero-order valence-corrected chi connectivity index (χ0v) is 10.5. The minimum absolute atomic E-state index is 0.0484. The van der Waals surface area contributed by atoms with Gasteiger partial charge < -0.3 is 10.2 Å². The number of carbonyl (C=O) groups excluding carboxylic acids is 2. The number of carbonyl (C=O) groups is 2. The molecule has 0 aliphatic carbocycles. The second kappa shape index (κ2) is 5.98. The summed E-state index contributed by atoms with van der Waals surface area (Å²) in [5.74, 6) is 0.467. The lowest BCUT2D eigenvalue weighted by Gasteiger charge is -2.21. The normalized spacial score (nSPS) is 23.9. The average molecular weight is 246 g/mol. The smallest absolute Gasteiger partial charge is 0.244 e. The molecule has 1 heterocycles. The molecule has 1 aliphatic rings. The topological polar surface area (TPSA) is 66.5 Å². The summed E-state index contributed by atoms with van der Waals surface area (Å²) in [4.78, 5) is 24.7. The molecule has 5 nitrogen and oxygen atoms in total. The lowest BCUT2D eigenvalue weighted by Crippen LogP contribution is -2.43. The van der Waals surface area contributed by atoms with Gasteiger partial charge in [0.2, 0.25) is 11.8 Å². The largest absolute Gasteiger partial charge is 0.345 e. The Morgan fingerprint density at radius 1 is 1.50 bits per heavy atom. The van der Waals surface area contributed by atoms with E-state index in [-0.39, 0.29) is 11.8 Å². The Kier molecular flexibility index (Phi) is 4.92. The molecule has 0 aromatic carbocycles.